The number of morpholine rings is 1. The van der Waals surface area contributed by atoms with Crippen LogP contribution < -0.4 is 5.69 Å². The maximum Gasteiger partial charge on any atom is 0.350 e. The van der Waals surface area contributed by atoms with Crippen molar-refractivity contribution in [3.63, 3.8) is 0 Å². The molecule has 4 atom stereocenters. The number of hydrogen-bond acceptors (Lipinski definition) is 6. The number of alkyl halides is 2. The fraction of sp³-hybridized carbons (Fsp3) is 0.500. The molecule has 30 heavy (non-hydrogen) atoms. The molecule has 0 amide bonds. The number of halogens is 3. The van der Waals surface area contributed by atoms with Crippen LogP contribution in [-0.2, 0) is 9.47 Å². The van der Waals surface area contributed by atoms with E-state index in [4.69, 9.17) is 9.47 Å². The fourth-order valence-electron chi connectivity index (χ4n) is 3.87. The summed E-state index contributed by atoms with van der Waals surface area (Å²) in [6, 6.07) is 7.00. The second kappa shape index (κ2) is 8.10. The average Bonchev–Trinajstić information content (AvgIpc) is 2.93. The van der Waals surface area contributed by atoms with Gasteiger partial charge >= 0.3 is 11.6 Å². The van der Waals surface area contributed by atoms with E-state index in [0.717, 1.165) is 5.56 Å². The predicted molar refractivity (Wildman–Crippen MR) is 99.6 cm³/mol. The molecule has 2 saturated heterocycles. The quantitative estimate of drug-likeness (QED) is 0.803. The Hall–Kier alpha value is -2.27. The third-order valence-corrected chi connectivity index (χ3v) is 5.51. The van der Waals surface area contributed by atoms with Gasteiger partial charge in [0, 0.05) is 25.0 Å². The minimum absolute atomic E-state index is 0.00724. The second-order valence-corrected chi connectivity index (χ2v) is 7.54. The van der Waals surface area contributed by atoms with Gasteiger partial charge in [-0.05, 0) is 30.7 Å². The highest BCUT2D eigenvalue weighted by Crippen LogP contribution is 2.43. The number of aliphatic hydroxyl groups excluding tert-OH is 1. The van der Waals surface area contributed by atoms with Crippen molar-refractivity contribution in [2.75, 3.05) is 26.3 Å². The van der Waals surface area contributed by atoms with Crippen LogP contribution in [0.1, 0.15) is 23.5 Å². The standard InChI is InChI=1S/C20H22F3N3O4/c1-12-6-7-26(19(28)24-12)18-20(22,23)17(27)16(30-18)10-25-8-9-29-11-15(25)13-2-4-14(21)5-3-13/h2-7,15-18,27H,8-11H2,1H3/t15?,16-,17-,18-/m1/s1. The van der Waals surface area contributed by atoms with Gasteiger partial charge in [-0.15, -0.1) is 0 Å². The Morgan fingerprint density at radius 3 is 2.70 bits per heavy atom. The average molecular weight is 425 g/mol. The molecule has 4 rings (SSSR count). The monoisotopic (exact) mass is 425 g/mol. The van der Waals surface area contributed by atoms with Crippen LogP contribution in [0.5, 0.6) is 0 Å². The minimum Gasteiger partial charge on any atom is -0.384 e. The normalized spacial score (nSPS) is 29.2. The number of aryl methyl sites for hydroxylation is 1. The summed E-state index contributed by atoms with van der Waals surface area (Å²) in [5, 5.41) is 10.3. The molecule has 7 nitrogen and oxygen atoms in total. The Morgan fingerprint density at radius 2 is 2.00 bits per heavy atom. The van der Waals surface area contributed by atoms with E-state index in [1.165, 1.54) is 24.4 Å². The first-order valence-electron chi connectivity index (χ1n) is 9.62. The molecule has 2 fully saturated rings. The van der Waals surface area contributed by atoms with Crippen LogP contribution in [0.15, 0.2) is 41.3 Å². The smallest absolute Gasteiger partial charge is 0.350 e. The number of nitrogens with zero attached hydrogens (tertiary/aromatic N) is 3. The lowest BCUT2D eigenvalue weighted by molar-refractivity contribution is -0.141. The van der Waals surface area contributed by atoms with Gasteiger partial charge in [-0.2, -0.15) is 13.8 Å². The van der Waals surface area contributed by atoms with Gasteiger partial charge in [-0.3, -0.25) is 9.47 Å². The molecule has 10 heteroatoms. The molecule has 1 aromatic heterocycles. The van der Waals surface area contributed by atoms with E-state index in [-0.39, 0.29) is 18.4 Å². The highest BCUT2D eigenvalue weighted by molar-refractivity contribution is 5.21. The zero-order chi connectivity index (χ0) is 21.5. The van der Waals surface area contributed by atoms with E-state index < -0.39 is 30.0 Å². The van der Waals surface area contributed by atoms with Crippen molar-refractivity contribution in [2.24, 2.45) is 0 Å². The predicted octanol–water partition coefficient (Wildman–Crippen LogP) is 1.66. The van der Waals surface area contributed by atoms with Crippen molar-refractivity contribution >= 4 is 0 Å². The van der Waals surface area contributed by atoms with Gasteiger partial charge in [-0.25, -0.2) is 9.18 Å². The van der Waals surface area contributed by atoms with Gasteiger partial charge in [0.1, 0.15) is 18.0 Å². The molecular weight excluding hydrogens is 403 g/mol. The van der Waals surface area contributed by atoms with E-state index in [0.29, 0.717) is 30.0 Å². The topological polar surface area (TPSA) is 76.8 Å². The van der Waals surface area contributed by atoms with Crippen LogP contribution >= 0.6 is 0 Å². The number of benzene rings is 1. The number of ether oxygens (including phenoxy) is 2. The van der Waals surface area contributed by atoms with Crippen LogP contribution in [0.25, 0.3) is 0 Å². The van der Waals surface area contributed by atoms with Crippen molar-refractivity contribution in [1.82, 2.24) is 14.5 Å². The molecule has 1 unspecified atom stereocenters. The van der Waals surface area contributed by atoms with Gasteiger partial charge in [0.25, 0.3) is 0 Å². The van der Waals surface area contributed by atoms with Crippen LogP contribution in [0.2, 0.25) is 0 Å². The summed E-state index contributed by atoms with van der Waals surface area (Å²) in [4.78, 5) is 17.6. The van der Waals surface area contributed by atoms with Crippen molar-refractivity contribution in [2.45, 2.75) is 37.3 Å². The van der Waals surface area contributed by atoms with Crippen LogP contribution in [0, 0.1) is 12.7 Å². The molecule has 3 heterocycles. The molecule has 1 aromatic carbocycles. The third-order valence-electron chi connectivity index (χ3n) is 5.51. The molecule has 162 valence electrons. The molecule has 0 radical (unpaired) electrons. The Labute approximate surface area is 170 Å². The molecular formula is C20H22F3N3O4. The van der Waals surface area contributed by atoms with Crippen molar-refractivity contribution < 1.29 is 27.8 Å². The van der Waals surface area contributed by atoms with E-state index in [2.05, 4.69) is 4.98 Å². The highest BCUT2D eigenvalue weighted by Gasteiger charge is 2.60. The van der Waals surface area contributed by atoms with Gasteiger partial charge in [0.2, 0.25) is 6.23 Å². The van der Waals surface area contributed by atoms with Crippen LogP contribution in [0.3, 0.4) is 0 Å². The molecule has 2 aliphatic heterocycles. The van der Waals surface area contributed by atoms with Crippen LogP contribution in [0.4, 0.5) is 13.2 Å². The summed E-state index contributed by atoms with van der Waals surface area (Å²) >= 11 is 0. The van der Waals surface area contributed by atoms with Gasteiger partial charge < -0.3 is 14.6 Å². The molecule has 0 spiro atoms. The molecule has 0 saturated carbocycles. The summed E-state index contributed by atoms with van der Waals surface area (Å²) in [7, 11) is 0. The SMILES string of the molecule is Cc1ccn([C@@H]2O[C@H](CN3CCOCC3c3ccc(F)cc3)[C@@H](O)C2(F)F)c(=O)n1. The molecule has 2 aliphatic rings. The number of aliphatic hydroxyl groups is 1. The zero-order valence-electron chi connectivity index (χ0n) is 16.2. The first-order valence-corrected chi connectivity index (χ1v) is 9.62. The van der Waals surface area contributed by atoms with Gasteiger partial charge in [-0.1, -0.05) is 12.1 Å². The summed E-state index contributed by atoms with van der Waals surface area (Å²) in [5.74, 6) is -4.06. The highest BCUT2D eigenvalue weighted by atomic mass is 19.3. The maximum absolute atomic E-state index is 14.8. The summed E-state index contributed by atoms with van der Waals surface area (Å²) in [6.45, 7) is 2.69. The van der Waals surface area contributed by atoms with Gasteiger partial charge in [0.15, 0.2) is 0 Å². The Balaban J connectivity index is 1.56. The first-order chi connectivity index (χ1) is 14.3. The second-order valence-electron chi connectivity index (χ2n) is 7.54. The Morgan fingerprint density at radius 1 is 1.27 bits per heavy atom. The van der Waals surface area contributed by atoms with Crippen molar-refractivity contribution in [1.29, 1.82) is 0 Å². The fourth-order valence-corrected chi connectivity index (χ4v) is 3.87. The summed E-state index contributed by atoms with van der Waals surface area (Å²) < 4.78 is 54.5. The largest absolute Gasteiger partial charge is 0.384 e. The molecule has 0 aliphatic carbocycles. The summed E-state index contributed by atoms with van der Waals surface area (Å²) in [5.41, 5.74) is 0.291. The number of hydrogen-bond donors (Lipinski definition) is 1. The molecule has 1 N–H and O–H groups in total. The Kier molecular flexibility index (Phi) is 5.67. The molecule has 0 bridgehead atoms. The summed E-state index contributed by atoms with van der Waals surface area (Å²) in [6.07, 6.45) is -4.11. The number of aromatic nitrogens is 2. The van der Waals surface area contributed by atoms with Crippen molar-refractivity contribution in [3.8, 4) is 0 Å². The lowest BCUT2D eigenvalue weighted by atomic mass is 10.0. The third kappa shape index (κ3) is 3.87. The lowest BCUT2D eigenvalue weighted by Crippen LogP contribution is -2.47. The van der Waals surface area contributed by atoms with E-state index >= 15 is 0 Å². The van der Waals surface area contributed by atoms with E-state index in [1.54, 1.807) is 19.1 Å². The van der Waals surface area contributed by atoms with Crippen molar-refractivity contribution in [3.05, 3.63) is 64.1 Å². The maximum atomic E-state index is 14.8. The van der Waals surface area contributed by atoms with Crippen LogP contribution in [-0.4, -0.2) is 64.0 Å². The Bertz CT molecular complexity index is 953. The zero-order valence-corrected chi connectivity index (χ0v) is 16.2. The first kappa shape index (κ1) is 21.0. The van der Waals surface area contributed by atoms with Gasteiger partial charge in [0.05, 0.1) is 19.3 Å². The minimum atomic E-state index is -3.68. The number of rotatable bonds is 4. The van der Waals surface area contributed by atoms with E-state index in [9.17, 15) is 23.1 Å². The lowest BCUT2D eigenvalue weighted by Gasteiger charge is -2.37. The molecule has 2 aromatic rings. The van der Waals surface area contributed by atoms with E-state index in [1.807, 2.05) is 4.90 Å².